The molecule has 0 aliphatic carbocycles. The molecule has 0 aromatic heterocycles. The lowest BCUT2D eigenvalue weighted by Crippen LogP contribution is -2.44. The highest BCUT2D eigenvalue weighted by Gasteiger charge is 2.23. The van der Waals surface area contributed by atoms with Crippen LogP contribution in [0.4, 0.5) is 5.69 Å². The summed E-state index contributed by atoms with van der Waals surface area (Å²) in [7, 11) is 1.36. The second kappa shape index (κ2) is 7.22. The molecule has 0 radical (unpaired) electrons. The number of nitrogens with one attached hydrogen (secondary N) is 2. The molecule has 1 fully saturated rings. The Kier molecular flexibility index (Phi) is 5.32. The zero-order valence-corrected chi connectivity index (χ0v) is 12.8. The number of ether oxygens (including phenoxy) is 1. The van der Waals surface area contributed by atoms with Crippen LogP contribution in [0.25, 0.3) is 0 Å². The molecule has 2 rings (SSSR count). The molecule has 2 unspecified atom stereocenters. The van der Waals surface area contributed by atoms with Crippen molar-refractivity contribution in [1.29, 1.82) is 0 Å². The normalized spacial score (nSPS) is 19.3. The van der Waals surface area contributed by atoms with E-state index < -0.39 is 4.92 Å². The molecular weight excluding hydrogens is 286 g/mol. The van der Waals surface area contributed by atoms with Crippen LogP contribution in [0.1, 0.15) is 30.1 Å². The molecule has 2 atom stereocenters. The van der Waals surface area contributed by atoms with E-state index in [0.717, 1.165) is 25.9 Å². The third kappa shape index (κ3) is 3.73. The van der Waals surface area contributed by atoms with Crippen molar-refractivity contribution in [2.75, 3.05) is 20.2 Å². The molecular formula is C15H21N3O4. The summed E-state index contributed by atoms with van der Waals surface area (Å²) in [6.07, 6.45) is 2.16. The Labute approximate surface area is 129 Å². The van der Waals surface area contributed by atoms with Gasteiger partial charge in [-0.25, -0.2) is 0 Å². The van der Waals surface area contributed by atoms with Crippen molar-refractivity contribution in [3.05, 3.63) is 33.9 Å². The fourth-order valence-corrected chi connectivity index (χ4v) is 2.69. The number of amides is 1. The molecule has 1 heterocycles. The number of nitro groups is 1. The molecule has 1 aliphatic heterocycles. The summed E-state index contributed by atoms with van der Waals surface area (Å²) in [6.45, 7) is 3.86. The Morgan fingerprint density at radius 2 is 2.32 bits per heavy atom. The number of hydrogen-bond donors (Lipinski definition) is 2. The molecule has 1 aromatic carbocycles. The third-order valence-corrected chi connectivity index (χ3v) is 4.04. The molecule has 0 bridgehead atoms. The van der Waals surface area contributed by atoms with Crippen molar-refractivity contribution in [1.82, 2.24) is 10.6 Å². The number of hydrogen-bond acceptors (Lipinski definition) is 5. The van der Waals surface area contributed by atoms with Gasteiger partial charge in [0, 0.05) is 17.7 Å². The molecule has 7 heteroatoms. The molecule has 7 nitrogen and oxygen atoms in total. The maximum absolute atomic E-state index is 12.3. The van der Waals surface area contributed by atoms with E-state index in [4.69, 9.17) is 4.74 Å². The maximum Gasteiger partial charge on any atom is 0.311 e. The second-order valence-corrected chi connectivity index (χ2v) is 5.51. The summed E-state index contributed by atoms with van der Waals surface area (Å²) in [5, 5.41) is 17.2. The lowest BCUT2D eigenvalue weighted by atomic mass is 9.92. The van der Waals surface area contributed by atoms with Crippen LogP contribution in [0.3, 0.4) is 0 Å². The van der Waals surface area contributed by atoms with E-state index in [2.05, 4.69) is 10.6 Å². The highest BCUT2D eigenvalue weighted by Crippen LogP contribution is 2.27. The van der Waals surface area contributed by atoms with Crippen LogP contribution in [-0.2, 0) is 0 Å². The standard InChI is InChI=1S/C15H21N3O4/c1-10(12-4-3-7-16-9-12)17-15(19)11-5-6-14(22-2)13(8-11)18(20)21/h5-6,8,10,12,16H,3-4,7,9H2,1-2H3,(H,17,19). The van der Waals surface area contributed by atoms with Gasteiger partial charge in [-0.3, -0.25) is 14.9 Å². The van der Waals surface area contributed by atoms with Gasteiger partial charge < -0.3 is 15.4 Å². The summed E-state index contributed by atoms with van der Waals surface area (Å²) >= 11 is 0. The first-order valence-corrected chi connectivity index (χ1v) is 7.37. The average Bonchev–Trinajstić information content (AvgIpc) is 2.54. The van der Waals surface area contributed by atoms with Gasteiger partial charge in [0.25, 0.3) is 5.91 Å². The summed E-state index contributed by atoms with van der Waals surface area (Å²) in [5.74, 6) is 0.223. The topological polar surface area (TPSA) is 93.5 Å². The van der Waals surface area contributed by atoms with E-state index in [-0.39, 0.29) is 28.9 Å². The third-order valence-electron chi connectivity index (χ3n) is 4.04. The number of rotatable bonds is 5. The fraction of sp³-hybridized carbons (Fsp3) is 0.533. The quantitative estimate of drug-likeness (QED) is 0.638. The van der Waals surface area contributed by atoms with Gasteiger partial charge in [-0.15, -0.1) is 0 Å². The smallest absolute Gasteiger partial charge is 0.311 e. The van der Waals surface area contributed by atoms with Crippen molar-refractivity contribution in [3.63, 3.8) is 0 Å². The maximum atomic E-state index is 12.3. The predicted molar refractivity (Wildman–Crippen MR) is 82.2 cm³/mol. The molecule has 120 valence electrons. The molecule has 0 saturated carbocycles. The Hall–Kier alpha value is -2.15. The number of carbonyl (C=O) groups is 1. The van der Waals surface area contributed by atoms with Gasteiger partial charge in [0.05, 0.1) is 12.0 Å². The Balaban J connectivity index is 2.08. The zero-order chi connectivity index (χ0) is 16.1. The lowest BCUT2D eigenvalue weighted by molar-refractivity contribution is -0.385. The fourth-order valence-electron chi connectivity index (χ4n) is 2.69. The van der Waals surface area contributed by atoms with Gasteiger partial charge in [0.1, 0.15) is 0 Å². The van der Waals surface area contributed by atoms with Gasteiger partial charge >= 0.3 is 5.69 Å². The second-order valence-electron chi connectivity index (χ2n) is 5.51. The number of methoxy groups -OCH3 is 1. The number of nitrogens with zero attached hydrogens (tertiary/aromatic N) is 1. The van der Waals surface area contributed by atoms with Gasteiger partial charge in [-0.2, -0.15) is 0 Å². The molecule has 0 spiro atoms. The predicted octanol–water partition coefficient (Wildman–Crippen LogP) is 1.72. The van der Waals surface area contributed by atoms with E-state index in [0.29, 0.717) is 5.92 Å². The molecule has 1 amide bonds. The Morgan fingerprint density at radius 3 is 2.91 bits per heavy atom. The van der Waals surface area contributed by atoms with E-state index >= 15 is 0 Å². The summed E-state index contributed by atoms with van der Waals surface area (Å²) in [6, 6.07) is 4.24. The van der Waals surface area contributed by atoms with E-state index in [1.54, 1.807) is 0 Å². The van der Waals surface area contributed by atoms with Gasteiger partial charge in [0.15, 0.2) is 5.75 Å². The van der Waals surface area contributed by atoms with E-state index in [9.17, 15) is 14.9 Å². The summed E-state index contributed by atoms with van der Waals surface area (Å²) in [5.41, 5.74) is 0.0604. The zero-order valence-electron chi connectivity index (χ0n) is 12.8. The highest BCUT2D eigenvalue weighted by molar-refractivity contribution is 5.95. The minimum atomic E-state index is -0.551. The Bertz CT molecular complexity index is 556. The van der Waals surface area contributed by atoms with Crippen LogP contribution < -0.4 is 15.4 Å². The van der Waals surface area contributed by atoms with Crippen LogP contribution in [-0.4, -0.2) is 37.1 Å². The highest BCUT2D eigenvalue weighted by atomic mass is 16.6. The molecule has 1 saturated heterocycles. The molecule has 1 aliphatic rings. The van der Waals surface area contributed by atoms with Crippen LogP contribution in [0, 0.1) is 16.0 Å². The number of nitro benzene ring substituents is 1. The first-order valence-electron chi connectivity index (χ1n) is 7.37. The largest absolute Gasteiger partial charge is 0.490 e. The minimum absolute atomic E-state index is 0.0152. The summed E-state index contributed by atoms with van der Waals surface area (Å²) < 4.78 is 4.94. The van der Waals surface area contributed by atoms with Gasteiger partial charge in [-0.05, 0) is 50.9 Å². The first kappa shape index (κ1) is 16.2. The van der Waals surface area contributed by atoms with Crippen LogP contribution >= 0.6 is 0 Å². The van der Waals surface area contributed by atoms with Gasteiger partial charge in [-0.1, -0.05) is 0 Å². The van der Waals surface area contributed by atoms with Crippen LogP contribution in [0.15, 0.2) is 18.2 Å². The van der Waals surface area contributed by atoms with Crippen molar-refractivity contribution in [2.45, 2.75) is 25.8 Å². The minimum Gasteiger partial charge on any atom is -0.490 e. The van der Waals surface area contributed by atoms with Crippen molar-refractivity contribution < 1.29 is 14.5 Å². The van der Waals surface area contributed by atoms with E-state index in [1.807, 2.05) is 6.92 Å². The number of benzene rings is 1. The molecule has 22 heavy (non-hydrogen) atoms. The SMILES string of the molecule is COc1ccc(C(=O)NC(C)C2CCCNC2)cc1[N+](=O)[O-]. The average molecular weight is 307 g/mol. The lowest BCUT2D eigenvalue weighted by Gasteiger charge is -2.28. The molecule has 1 aromatic rings. The van der Waals surface area contributed by atoms with Crippen LogP contribution in [0.5, 0.6) is 5.75 Å². The van der Waals surface area contributed by atoms with Gasteiger partial charge in [0.2, 0.25) is 0 Å². The first-order chi connectivity index (χ1) is 10.5. The van der Waals surface area contributed by atoms with Crippen LogP contribution in [0.2, 0.25) is 0 Å². The number of piperidine rings is 1. The number of carbonyl (C=O) groups excluding carboxylic acids is 1. The Morgan fingerprint density at radius 1 is 1.55 bits per heavy atom. The van der Waals surface area contributed by atoms with Crippen molar-refractivity contribution in [2.24, 2.45) is 5.92 Å². The van der Waals surface area contributed by atoms with Crippen molar-refractivity contribution in [3.8, 4) is 5.75 Å². The summed E-state index contributed by atoms with van der Waals surface area (Å²) in [4.78, 5) is 22.7. The van der Waals surface area contributed by atoms with E-state index in [1.165, 1.54) is 25.3 Å². The van der Waals surface area contributed by atoms with Crippen molar-refractivity contribution >= 4 is 11.6 Å². The molecule has 2 N–H and O–H groups in total. The monoisotopic (exact) mass is 307 g/mol.